The molecule has 1 unspecified atom stereocenters. The van der Waals surface area contributed by atoms with Crippen LogP contribution in [0.5, 0.6) is 0 Å². The van der Waals surface area contributed by atoms with Gasteiger partial charge in [-0.15, -0.1) is 0 Å². The van der Waals surface area contributed by atoms with Gasteiger partial charge in [-0.3, -0.25) is 4.79 Å². The Bertz CT molecular complexity index is 828. The molecule has 0 saturated carbocycles. The first-order valence-electron chi connectivity index (χ1n) is 7.02. The van der Waals surface area contributed by atoms with Crippen molar-refractivity contribution in [3.63, 3.8) is 0 Å². The zero-order valence-corrected chi connectivity index (χ0v) is 14.2. The van der Waals surface area contributed by atoms with E-state index >= 15 is 0 Å². The molecule has 2 aromatic rings. The van der Waals surface area contributed by atoms with E-state index in [4.69, 9.17) is 11.6 Å². The monoisotopic (exact) mass is 371 g/mol. The number of aromatic nitrogens is 1. The average molecular weight is 372 g/mol. The average Bonchev–Trinajstić information content (AvgIpc) is 2.55. The summed E-state index contributed by atoms with van der Waals surface area (Å²) in [5.41, 5.74) is 0.281. The number of rotatable bonds is 6. The number of amides is 1. The molecule has 0 spiro atoms. The van der Waals surface area contributed by atoms with Crippen LogP contribution in [0.1, 0.15) is 13.3 Å². The molecule has 0 radical (unpaired) electrons. The lowest BCUT2D eigenvalue weighted by molar-refractivity contribution is -0.117. The molecule has 1 heterocycles. The summed E-state index contributed by atoms with van der Waals surface area (Å²) >= 11 is 5.86. The maximum absolute atomic E-state index is 12.9. The van der Waals surface area contributed by atoms with Gasteiger partial charge in [-0.1, -0.05) is 18.5 Å². The highest BCUT2D eigenvalue weighted by Crippen LogP contribution is 2.18. The largest absolute Gasteiger partial charge is 0.322 e. The fourth-order valence-electron chi connectivity index (χ4n) is 1.89. The van der Waals surface area contributed by atoms with Crippen molar-refractivity contribution >= 4 is 33.2 Å². The van der Waals surface area contributed by atoms with Gasteiger partial charge in [0.2, 0.25) is 15.9 Å². The molecule has 9 heteroatoms. The highest BCUT2D eigenvalue weighted by Gasteiger charge is 2.25. The molecule has 1 amide bonds. The molecule has 0 aliphatic carbocycles. The SMILES string of the molecule is CCC(NS(=O)(=O)c1ccc(F)cc1)C(=O)Nc1cccnc1Cl. The summed E-state index contributed by atoms with van der Waals surface area (Å²) in [6.07, 6.45) is 1.68. The molecule has 0 aliphatic rings. The van der Waals surface area contributed by atoms with Gasteiger partial charge in [0, 0.05) is 6.20 Å². The zero-order valence-electron chi connectivity index (χ0n) is 12.7. The van der Waals surface area contributed by atoms with Crippen LogP contribution in [0.15, 0.2) is 47.5 Å². The normalized spacial score (nSPS) is 12.6. The number of nitrogens with one attached hydrogen (secondary N) is 2. The Labute approximate surface area is 144 Å². The van der Waals surface area contributed by atoms with E-state index in [1.165, 1.54) is 6.20 Å². The number of pyridine rings is 1. The minimum Gasteiger partial charge on any atom is -0.322 e. The van der Waals surface area contributed by atoms with Crippen molar-refractivity contribution in [1.82, 2.24) is 9.71 Å². The van der Waals surface area contributed by atoms with Gasteiger partial charge in [-0.25, -0.2) is 17.8 Å². The van der Waals surface area contributed by atoms with Gasteiger partial charge in [0.25, 0.3) is 0 Å². The molecule has 0 saturated heterocycles. The van der Waals surface area contributed by atoms with Crippen LogP contribution in [-0.4, -0.2) is 25.4 Å². The third-order valence-electron chi connectivity index (χ3n) is 3.16. The molecular weight excluding hydrogens is 357 g/mol. The first-order valence-corrected chi connectivity index (χ1v) is 8.89. The van der Waals surface area contributed by atoms with Crippen LogP contribution in [0.4, 0.5) is 10.1 Å². The number of hydrogen-bond acceptors (Lipinski definition) is 4. The maximum Gasteiger partial charge on any atom is 0.242 e. The number of anilines is 1. The molecule has 24 heavy (non-hydrogen) atoms. The van der Waals surface area contributed by atoms with E-state index < -0.39 is 27.8 Å². The maximum atomic E-state index is 12.9. The molecule has 0 bridgehead atoms. The van der Waals surface area contributed by atoms with Crippen LogP contribution in [0.25, 0.3) is 0 Å². The van der Waals surface area contributed by atoms with Crippen LogP contribution in [0.2, 0.25) is 5.15 Å². The Hall–Kier alpha value is -2.03. The van der Waals surface area contributed by atoms with Gasteiger partial charge >= 0.3 is 0 Å². The highest BCUT2D eigenvalue weighted by atomic mass is 35.5. The van der Waals surface area contributed by atoms with E-state index in [9.17, 15) is 17.6 Å². The lowest BCUT2D eigenvalue weighted by atomic mass is 10.2. The van der Waals surface area contributed by atoms with Gasteiger partial charge in [-0.05, 0) is 42.8 Å². The summed E-state index contributed by atoms with van der Waals surface area (Å²) < 4.78 is 39.8. The van der Waals surface area contributed by atoms with Gasteiger partial charge in [0.1, 0.15) is 11.9 Å². The Morgan fingerprint density at radius 2 is 1.96 bits per heavy atom. The lowest BCUT2D eigenvalue weighted by Crippen LogP contribution is -2.43. The predicted octanol–water partition coefficient (Wildman–Crippen LogP) is 2.57. The topological polar surface area (TPSA) is 88.2 Å². The first kappa shape index (κ1) is 18.3. The van der Waals surface area contributed by atoms with Crippen molar-refractivity contribution in [3.05, 3.63) is 53.6 Å². The van der Waals surface area contributed by atoms with Gasteiger partial charge in [-0.2, -0.15) is 4.72 Å². The number of nitrogens with zero attached hydrogens (tertiary/aromatic N) is 1. The van der Waals surface area contributed by atoms with Crippen molar-refractivity contribution in [3.8, 4) is 0 Å². The van der Waals surface area contributed by atoms with Crippen molar-refractivity contribution in [2.45, 2.75) is 24.3 Å². The van der Waals surface area contributed by atoms with Crippen LogP contribution >= 0.6 is 11.6 Å². The van der Waals surface area contributed by atoms with Crippen molar-refractivity contribution in [2.24, 2.45) is 0 Å². The number of benzene rings is 1. The number of carbonyl (C=O) groups is 1. The lowest BCUT2D eigenvalue weighted by Gasteiger charge is -2.17. The van der Waals surface area contributed by atoms with Gasteiger partial charge in [0.05, 0.1) is 10.6 Å². The summed E-state index contributed by atoms with van der Waals surface area (Å²) in [6, 6.07) is 6.44. The summed E-state index contributed by atoms with van der Waals surface area (Å²) in [6.45, 7) is 1.66. The summed E-state index contributed by atoms with van der Waals surface area (Å²) in [7, 11) is -3.96. The molecular formula is C15H15ClFN3O3S. The standard InChI is InChI=1S/C15H15ClFN3O3S/c1-2-12(15(21)19-13-4-3-9-18-14(13)16)20-24(22,23)11-7-5-10(17)6-8-11/h3-9,12,20H,2H2,1H3,(H,19,21). The smallest absolute Gasteiger partial charge is 0.242 e. The Morgan fingerprint density at radius 3 is 2.54 bits per heavy atom. The fourth-order valence-corrected chi connectivity index (χ4v) is 3.34. The van der Waals surface area contributed by atoms with Crippen LogP contribution in [0.3, 0.4) is 0 Å². The number of carbonyl (C=O) groups excluding carboxylic acids is 1. The Balaban J connectivity index is 2.15. The fraction of sp³-hybridized carbons (Fsp3) is 0.200. The Morgan fingerprint density at radius 1 is 1.29 bits per heavy atom. The number of sulfonamides is 1. The van der Waals surface area contributed by atoms with E-state index in [0.717, 1.165) is 24.3 Å². The summed E-state index contributed by atoms with van der Waals surface area (Å²) in [5.74, 6) is -1.12. The molecule has 1 aromatic heterocycles. The van der Waals surface area contributed by atoms with Crippen molar-refractivity contribution in [2.75, 3.05) is 5.32 Å². The molecule has 1 aromatic carbocycles. The van der Waals surface area contributed by atoms with E-state index in [1.54, 1.807) is 19.1 Å². The zero-order chi connectivity index (χ0) is 17.7. The van der Waals surface area contributed by atoms with E-state index in [-0.39, 0.29) is 22.2 Å². The summed E-state index contributed by atoms with van der Waals surface area (Å²) in [5, 5.41) is 2.62. The minimum atomic E-state index is -3.96. The molecule has 0 aliphatic heterocycles. The first-order chi connectivity index (χ1) is 11.3. The second kappa shape index (κ2) is 7.69. The van der Waals surface area contributed by atoms with E-state index in [2.05, 4.69) is 15.0 Å². The minimum absolute atomic E-state index is 0.0992. The quantitative estimate of drug-likeness (QED) is 0.764. The third kappa shape index (κ3) is 4.50. The Kier molecular flexibility index (Phi) is 5.87. The van der Waals surface area contributed by atoms with Crippen LogP contribution in [-0.2, 0) is 14.8 Å². The molecule has 2 rings (SSSR count). The third-order valence-corrected chi connectivity index (χ3v) is 4.95. The van der Waals surface area contributed by atoms with Crippen LogP contribution < -0.4 is 10.0 Å². The van der Waals surface area contributed by atoms with Gasteiger partial charge in [0.15, 0.2) is 5.15 Å². The van der Waals surface area contributed by atoms with E-state index in [0.29, 0.717) is 0 Å². The molecule has 1 atom stereocenters. The highest BCUT2D eigenvalue weighted by molar-refractivity contribution is 7.89. The van der Waals surface area contributed by atoms with Gasteiger partial charge < -0.3 is 5.32 Å². The van der Waals surface area contributed by atoms with E-state index in [1.807, 2.05) is 0 Å². The second-order valence-corrected chi connectivity index (χ2v) is 6.94. The molecule has 6 nitrogen and oxygen atoms in total. The second-order valence-electron chi connectivity index (χ2n) is 4.87. The predicted molar refractivity (Wildman–Crippen MR) is 88.7 cm³/mol. The molecule has 2 N–H and O–H groups in total. The summed E-state index contributed by atoms with van der Waals surface area (Å²) in [4.78, 5) is 16.0. The molecule has 0 fully saturated rings. The van der Waals surface area contributed by atoms with Crippen molar-refractivity contribution in [1.29, 1.82) is 0 Å². The van der Waals surface area contributed by atoms with Crippen LogP contribution in [0, 0.1) is 5.82 Å². The number of hydrogen-bond donors (Lipinski definition) is 2. The molecule has 128 valence electrons. The van der Waals surface area contributed by atoms with Crippen molar-refractivity contribution < 1.29 is 17.6 Å². The number of halogens is 2.